The fourth-order valence-corrected chi connectivity index (χ4v) is 2.02. The highest BCUT2D eigenvalue weighted by Crippen LogP contribution is 2.20. The molecule has 0 amide bonds. The molecule has 2 rings (SSSR count). The third-order valence-electron chi connectivity index (χ3n) is 2.85. The number of fused-ring (bicyclic) bond motifs is 1. The van der Waals surface area contributed by atoms with E-state index in [9.17, 15) is 4.79 Å². The van der Waals surface area contributed by atoms with E-state index in [4.69, 9.17) is 0 Å². The molecule has 2 aromatic rings. The van der Waals surface area contributed by atoms with Crippen molar-refractivity contribution >= 4 is 17.1 Å². The molecule has 0 unspecified atom stereocenters. The fourth-order valence-electron chi connectivity index (χ4n) is 2.02. The van der Waals surface area contributed by atoms with E-state index in [1.807, 2.05) is 6.29 Å². The van der Waals surface area contributed by atoms with Crippen molar-refractivity contribution in [1.82, 2.24) is 0 Å². The van der Waals surface area contributed by atoms with Crippen molar-refractivity contribution in [3.8, 4) is 0 Å². The Morgan fingerprint density at radius 3 is 2.62 bits per heavy atom. The van der Waals surface area contributed by atoms with Crippen LogP contribution in [-0.2, 0) is 11.2 Å². The lowest BCUT2D eigenvalue weighted by Crippen LogP contribution is -1.88. The standard InChI is InChI=1S/C15H15O/c16-12-5-1-2-7-13-9-6-10-14-8-3-4-11-15(13)14/h3-4,6,8-11H,1-2,5,7H2. The number of hydrogen-bond acceptors (Lipinski definition) is 1. The first-order chi connectivity index (χ1) is 7.92. The van der Waals surface area contributed by atoms with E-state index in [1.54, 1.807) is 0 Å². The lowest BCUT2D eigenvalue weighted by molar-refractivity contribution is 0.547. The van der Waals surface area contributed by atoms with Crippen LogP contribution in [0, 0.1) is 0 Å². The molecule has 0 aliphatic heterocycles. The average molecular weight is 211 g/mol. The van der Waals surface area contributed by atoms with Crippen molar-refractivity contribution in [2.45, 2.75) is 25.7 Å². The van der Waals surface area contributed by atoms with Crippen molar-refractivity contribution in [3.05, 3.63) is 48.0 Å². The zero-order valence-electron chi connectivity index (χ0n) is 9.28. The summed E-state index contributed by atoms with van der Waals surface area (Å²) in [6, 6.07) is 14.8. The quantitative estimate of drug-likeness (QED) is 0.690. The lowest BCUT2D eigenvalue weighted by atomic mass is 10.00. The van der Waals surface area contributed by atoms with E-state index >= 15 is 0 Å². The summed E-state index contributed by atoms with van der Waals surface area (Å²) >= 11 is 0. The Labute approximate surface area is 96.1 Å². The zero-order valence-corrected chi connectivity index (χ0v) is 9.28. The largest absolute Gasteiger partial charge is 0.291 e. The summed E-state index contributed by atoms with van der Waals surface area (Å²) in [5.41, 5.74) is 1.38. The highest BCUT2D eigenvalue weighted by atomic mass is 16.1. The maximum absolute atomic E-state index is 10.1. The van der Waals surface area contributed by atoms with Crippen molar-refractivity contribution in [3.63, 3.8) is 0 Å². The molecule has 0 spiro atoms. The van der Waals surface area contributed by atoms with Gasteiger partial charge in [0.2, 0.25) is 0 Å². The van der Waals surface area contributed by atoms with Gasteiger partial charge in [0.25, 0.3) is 0 Å². The first-order valence-corrected chi connectivity index (χ1v) is 5.73. The van der Waals surface area contributed by atoms with Crippen LogP contribution in [-0.4, -0.2) is 6.29 Å². The molecule has 0 fully saturated rings. The van der Waals surface area contributed by atoms with E-state index in [2.05, 4.69) is 42.5 Å². The molecule has 0 aliphatic rings. The van der Waals surface area contributed by atoms with Crippen LogP contribution in [0.25, 0.3) is 10.8 Å². The summed E-state index contributed by atoms with van der Waals surface area (Å²) in [4.78, 5) is 10.1. The van der Waals surface area contributed by atoms with Crippen molar-refractivity contribution in [2.24, 2.45) is 0 Å². The van der Waals surface area contributed by atoms with E-state index in [1.165, 1.54) is 16.3 Å². The Morgan fingerprint density at radius 1 is 0.938 bits per heavy atom. The smallest absolute Gasteiger partial charge is 0.198 e. The predicted molar refractivity (Wildman–Crippen MR) is 67.2 cm³/mol. The second-order valence-electron chi connectivity index (χ2n) is 3.99. The van der Waals surface area contributed by atoms with Crippen LogP contribution < -0.4 is 0 Å². The molecule has 0 saturated carbocycles. The molecule has 0 N–H and O–H groups in total. The normalized spacial score (nSPS) is 10.5. The highest BCUT2D eigenvalue weighted by Gasteiger charge is 1.99. The van der Waals surface area contributed by atoms with Crippen LogP contribution in [0.3, 0.4) is 0 Å². The maximum atomic E-state index is 10.1. The van der Waals surface area contributed by atoms with Gasteiger partial charge in [-0.15, -0.1) is 0 Å². The van der Waals surface area contributed by atoms with Gasteiger partial charge >= 0.3 is 0 Å². The van der Waals surface area contributed by atoms with E-state index < -0.39 is 0 Å². The monoisotopic (exact) mass is 211 g/mol. The molecule has 0 bridgehead atoms. The van der Waals surface area contributed by atoms with Gasteiger partial charge in [0.1, 0.15) is 0 Å². The average Bonchev–Trinajstić information content (AvgIpc) is 2.35. The third kappa shape index (κ3) is 2.48. The second kappa shape index (κ2) is 5.45. The van der Waals surface area contributed by atoms with Gasteiger partial charge in [-0.3, -0.25) is 4.79 Å². The molecule has 16 heavy (non-hydrogen) atoms. The van der Waals surface area contributed by atoms with E-state index in [0.29, 0.717) is 6.42 Å². The van der Waals surface area contributed by atoms with Gasteiger partial charge in [0.15, 0.2) is 6.29 Å². The number of rotatable bonds is 5. The van der Waals surface area contributed by atoms with Gasteiger partial charge in [-0.05, 0) is 35.6 Å². The molecule has 1 heteroatoms. The molecule has 1 radical (unpaired) electrons. The topological polar surface area (TPSA) is 17.1 Å². The number of benzene rings is 2. The number of unbranched alkanes of at least 4 members (excludes halogenated alkanes) is 2. The lowest BCUT2D eigenvalue weighted by Gasteiger charge is -2.05. The molecule has 1 nitrogen and oxygen atoms in total. The molecule has 2 aromatic carbocycles. The van der Waals surface area contributed by atoms with Gasteiger partial charge in [-0.1, -0.05) is 42.5 Å². The van der Waals surface area contributed by atoms with Crippen LogP contribution in [0.1, 0.15) is 24.8 Å². The first-order valence-electron chi connectivity index (χ1n) is 5.73. The Kier molecular flexibility index (Phi) is 3.71. The summed E-state index contributed by atoms with van der Waals surface area (Å²) < 4.78 is 0. The molecular formula is C15H15O. The zero-order chi connectivity index (χ0) is 11.2. The van der Waals surface area contributed by atoms with Crippen LogP contribution in [0.15, 0.2) is 42.5 Å². The first kappa shape index (κ1) is 10.9. The van der Waals surface area contributed by atoms with Crippen LogP contribution in [0.5, 0.6) is 0 Å². The minimum Gasteiger partial charge on any atom is -0.291 e. The molecule has 0 saturated heterocycles. The minimum atomic E-state index is 0.560. The molecule has 0 atom stereocenters. The fraction of sp³-hybridized carbons (Fsp3) is 0.267. The van der Waals surface area contributed by atoms with Crippen molar-refractivity contribution in [1.29, 1.82) is 0 Å². The third-order valence-corrected chi connectivity index (χ3v) is 2.85. The minimum absolute atomic E-state index is 0.560. The van der Waals surface area contributed by atoms with E-state index in [0.717, 1.165) is 19.3 Å². The second-order valence-corrected chi connectivity index (χ2v) is 3.99. The SMILES string of the molecule is O=[C]CCCCc1cccc2ccccc12. The number of carbonyl (C=O) groups excluding carboxylic acids is 1. The van der Waals surface area contributed by atoms with Gasteiger partial charge in [-0.25, -0.2) is 0 Å². The Balaban J connectivity index is 2.14. The Morgan fingerprint density at radius 2 is 1.75 bits per heavy atom. The predicted octanol–water partition coefficient (Wildman–Crippen LogP) is 3.66. The summed E-state index contributed by atoms with van der Waals surface area (Å²) in [6.45, 7) is 0. The van der Waals surface area contributed by atoms with Gasteiger partial charge < -0.3 is 0 Å². The van der Waals surface area contributed by atoms with Crippen molar-refractivity contribution < 1.29 is 4.79 Å². The summed E-state index contributed by atoms with van der Waals surface area (Å²) in [6.07, 6.45) is 5.54. The van der Waals surface area contributed by atoms with Crippen LogP contribution >= 0.6 is 0 Å². The Bertz CT molecular complexity index is 468. The molecule has 0 heterocycles. The Hall–Kier alpha value is -1.63. The van der Waals surface area contributed by atoms with Gasteiger partial charge in [0, 0.05) is 6.42 Å². The van der Waals surface area contributed by atoms with Crippen LogP contribution in [0.2, 0.25) is 0 Å². The maximum Gasteiger partial charge on any atom is 0.198 e. The van der Waals surface area contributed by atoms with E-state index in [-0.39, 0.29) is 0 Å². The van der Waals surface area contributed by atoms with Gasteiger partial charge in [0.05, 0.1) is 0 Å². The summed E-state index contributed by atoms with van der Waals surface area (Å²) in [5, 5.41) is 2.63. The summed E-state index contributed by atoms with van der Waals surface area (Å²) in [7, 11) is 0. The molecule has 0 aromatic heterocycles. The van der Waals surface area contributed by atoms with Crippen LogP contribution in [0.4, 0.5) is 0 Å². The molecular weight excluding hydrogens is 196 g/mol. The van der Waals surface area contributed by atoms with Gasteiger partial charge in [-0.2, -0.15) is 0 Å². The molecule has 0 aliphatic carbocycles. The highest BCUT2D eigenvalue weighted by molar-refractivity contribution is 5.85. The number of aryl methyl sites for hydroxylation is 1. The van der Waals surface area contributed by atoms with Crippen molar-refractivity contribution in [2.75, 3.05) is 0 Å². The molecule has 81 valence electrons. The summed E-state index contributed by atoms with van der Waals surface area (Å²) in [5.74, 6) is 0. The number of hydrogen-bond donors (Lipinski definition) is 0.